The number of amides is 2. The first kappa shape index (κ1) is 19.2. The molecule has 0 radical (unpaired) electrons. The molecule has 1 heterocycles. The smallest absolute Gasteiger partial charge is 0.233 e. The molecule has 1 atom stereocenters. The third-order valence-electron chi connectivity index (χ3n) is 4.02. The standard InChI is InChI=1S/C16H21F3N4O2/c1-10(24)23-5-4-22(3-2-21-23)16(25)8-12(20)6-11-7-14(18)15(19)9-13(11)17/h7,9,12,21H,2-6,8,20H2,1H3/t12-/m1/s1. The topological polar surface area (TPSA) is 78.7 Å². The maximum absolute atomic E-state index is 13.7. The predicted octanol–water partition coefficient (Wildman–Crippen LogP) is 0.559. The molecule has 2 amide bonds. The average Bonchev–Trinajstić information content (AvgIpc) is 2.78. The van der Waals surface area contributed by atoms with Crippen molar-refractivity contribution in [3.63, 3.8) is 0 Å². The molecule has 0 bridgehead atoms. The monoisotopic (exact) mass is 358 g/mol. The highest BCUT2D eigenvalue weighted by molar-refractivity contribution is 5.77. The molecule has 1 aliphatic rings. The molecule has 1 aromatic carbocycles. The molecule has 2 rings (SSSR count). The maximum Gasteiger partial charge on any atom is 0.233 e. The first-order valence-corrected chi connectivity index (χ1v) is 7.96. The molecule has 0 aromatic heterocycles. The largest absolute Gasteiger partial charge is 0.339 e. The van der Waals surface area contributed by atoms with E-state index in [-0.39, 0.29) is 30.2 Å². The van der Waals surface area contributed by atoms with E-state index in [1.165, 1.54) is 11.9 Å². The van der Waals surface area contributed by atoms with Gasteiger partial charge in [0.25, 0.3) is 0 Å². The van der Waals surface area contributed by atoms with Gasteiger partial charge in [-0.25, -0.2) is 18.6 Å². The van der Waals surface area contributed by atoms with Crippen molar-refractivity contribution in [2.75, 3.05) is 26.2 Å². The lowest BCUT2D eigenvalue weighted by Gasteiger charge is -2.22. The van der Waals surface area contributed by atoms with Crippen molar-refractivity contribution in [3.05, 3.63) is 35.1 Å². The predicted molar refractivity (Wildman–Crippen MR) is 84.6 cm³/mol. The van der Waals surface area contributed by atoms with Crippen LogP contribution in [-0.2, 0) is 16.0 Å². The Labute approximate surface area is 143 Å². The van der Waals surface area contributed by atoms with Crippen molar-refractivity contribution in [2.24, 2.45) is 5.73 Å². The van der Waals surface area contributed by atoms with Gasteiger partial charge in [0.1, 0.15) is 5.82 Å². The van der Waals surface area contributed by atoms with Gasteiger partial charge in [-0.1, -0.05) is 0 Å². The van der Waals surface area contributed by atoms with Crippen LogP contribution in [0.25, 0.3) is 0 Å². The number of rotatable bonds is 4. The summed E-state index contributed by atoms with van der Waals surface area (Å²) in [7, 11) is 0. The molecule has 0 spiro atoms. The fourth-order valence-electron chi connectivity index (χ4n) is 2.68. The number of nitrogens with one attached hydrogen (secondary N) is 1. The number of carbonyl (C=O) groups is 2. The SMILES string of the molecule is CC(=O)N1CCN(C(=O)C[C@H](N)Cc2cc(F)c(F)cc2F)CCN1. The van der Waals surface area contributed by atoms with Crippen molar-refractivity contribution in [3.8, 4) is 0 Å². The number of hydrogen-bond donors (Lipinski definition) is 2. The van der Waals surface area contributed by atoms with Gasteiger partial charge >= 0.3 is 0 Å². The Hall–Kier alpha value is -2.13. The van der Waals surface area contributed by atoms with Crippen LogP contribution in [0.15, 0.2) is 12.1 Å². The number of hydrogen-bond acceptors (Lipinski definition) is 4. The van der Waals surface area contributed by atoms with Crippen molar-refractivity contribution in [2.45, 2.75) is 25.8 Å². The Balaban J connectivity index is 1.92. The van der Waals surface area contributed by atoms with Crippen LogP contribution in [0, 0.1) is 17.5 Å². The summed E-state index contributed by atoms with van der Waals surface area (Å²) in [6, 6.07) is 0.498. The molecule has 6 nitrogen and oxygen atoms in total. The van der Waals surface area contributed by atoms with E-state index >= 15 is 0 Å². The zero-order valence-electron chi connectivity index (χ0n) is 13.9. The number of halogens is 3. The van der Waals surface area contributed by atoms with E-state index in [9.17, 15) is 22.8 Å². The van der Waals surface area contributed by atoms with Crippen molar-refractivity contribution in [1.29, 1.82) is 0 Å². The minimum absolute atomic E-state index is 0.0570. The van der Waals surface area contributed by atoms with Crippen LogP contribution >= 0.6 is 0 Å². The molecule has 0 saturated carbocycles. The van der Waals surface area contributed by atoms with Crippen LogP contribution in [0.2, 0.25) is 0 Å². The maximum atomic E-state index is 13.7. The van der Waals surface area contributed by atoms with Gasteiger partial charge < -0.3 is 10.6 Å². The molecule has 3 N–H and O–H groups in total. The molecule has 0 aliphatic carbocycles. The van der Waals surface area contributed by atoms with Gasteiger partial charge in [0.05, 0.1) is 6.54 Å². The lowest BCUT2D eigenvalue weighted by atomic mass is 10.0. The van der Waals surface area contributed by atoms with Gasteiger partial charge in [0.15, 0.2) is 11.6 Å². The Morgan fingerprint density at radius 1 is 1.16 bits per heavy atom. The van der Waals surface area contributed by atoms with Crippen LogP contribution in [0.5, 0.6) is 0 Å². The Bertz CT molecular complexity index is 657. The Kier molecular flexibility index (Phi) is 6.38. The van der Waals surface area contributed by atoms with Crippen LogP contribution in [-0.4, -0.2) is 53.9 Å². The summed E-state index contributed by atoms with van der Waals surface area (Å²) in [6.07, 6.45) is -0.140. The molecule has 138 valence electrons. The highest BCUT2D eigenvalue weighted by Gasteiger charge is 2.22. The minimum atomic E-state index is -1.27. The highest BCUT2D eigenvalue weighted by atomic mass is 19.2. The second-order valence-electron chi connectivity index (χ2n) is 5.99. The summed E-state index contributed by atoms with van der Waals surface area (Å²) in [6.45, 7) is 2.98. The quantitative estimate of drug-likeness (QED) is 0.771. The molecule has 0 unspecified atom stereocenters. The number of nitrogens with two attached hydrogens (primary N) is 1. The lowest BCUT2D eigenvalue weighted by molar-refractivity contribution is -0.133. The Morgan fingerprint density at radius 3 is 2.52 bits per heavy atom. The fraction of sp³-hybridized carbons (Fsp3) is 0.500. The fourth-order valence-corrected chi connectivity index (χ4v) is 2.68. The van der Waals surface area contributed by atoms with Gasteiger partial charge in [-0.2, -0.15) is 0 Å². The third-order valence-corrected chi connectivity index (χ3v) is 4.02. The van der Waals surface area contributed by atoms with Gasteiger partial charge in [-0.3, -0.25) is 14.6 Å². The summed E-state index contributed by atoms with van der Waals surface area (Å²) < 4.78 is 39.8. The van der Waals surface area contributed by atoms with Gasteiger partial charge in [0, 0.05) is 45.1 Å². The molecule has 1 fully saturated rings. The van der Waals surface area contributed by atoms with E-state index in [2.05, 4.69) is 5.43 Å². The highest BCUT2D eigenvalue weighted by Crippen LogP contribution is 2.16. The normalized spacial score (nSPS) is 16.5. The Morgan fingerprint density at radius 2 is 1.84 bits per heavy atom. The van der Waals surface area contributed by atoms with E-state index < -0.39 is 23.5 Å². The van der Waals surface area contributed by atoms with Crippen molar-refractivity contribution < 1.29 is 22.8 Å². The van der Waals surface area contributed by atoms with E-state index in [0.29, 0.717) is 32.2 Å². The van der Waals surface area contributed by atoms with Crippen molar-refractivity contribution in [1.82, 2.24) is 15.3 Å². The van der Waals surface area contributed by atoms with Gasteiger partial charge in [-0.05, 0) is 18.1 Å². The van der Waals surface area contributed by atoms with Crippen LogP contribution < -0.4 is 11.2 Å². The van der Waals surface area contributed by atoms with Gasteiger partial charge in [-0.15, -0.1) is 0 Å². The van der Waals surface area contributed by atoms with Crippen LogP contribution in [0.1, 0.15) is 18.9 Å². The van der Waals surface area contributed by atoms with E-state index in [1.54, 1.807) is 4.90 Å². The second kappa shape index (κ2) is 8.30. The zero-order chi connectivity index (χ0) is 18.6. The second-order valence-corrected chi connectivity index (χ2v) is 5.99. The molecule has 9 heteroatoms. The molecular weight excluding hydrogens is 337 g/mol. The first-order valence-electron chi connectivity index (χ1n) is 7.96. The summed E-state index contributed by atoms with van der Waals surface area (Å²) >= 11 is 0. The third kappa shape index (κ3) is 5.17. The first-order chi connectivity index (χ1) is 11.8. The van der Waals surface area contributed by atoms with Crippen LogP contribution in [0.3, 0.4) is 0 Å². The molecule has 1 aromatic rings. The molecule has 1 aliphatic heterocycles. The lowest BCUT2D eigenvalue weighted by Crippen LogP contribution is -2.42. The molecular formula is C16H21F3N4O2. The van der Waals surface area contributed by atoms with Crippen LogP contribution in [0.4, 0.5) is 13.2 Å². The van der Waals surface area contributed by atoms with E-state index in [4.69, 9.17) is 5.73 Å². The van der Waals surface area contributed by atoms with E-state index in [0.717, 1.165) is 6.07 Å². The number of benzene rings is 1. The average molecular weight is 358 g/mol. The summed E-state index contributed by atoms with van der Waals surface area (Å²) in [5.41, 5.74) is 8.71. The summed E-state index contributed by atoms with van der Waals surface area (Å²) in [4.78, 5) is 25.2. The summed E-state index contributed by atoms with van der Waals surface area (Å²) in [5.74, 6) is -3.68. The number of hydrazine groups is 1. The van der Waals surface area contributed by atoms with Crippen molar-refractivity contribution >= 4 is 11.8 Å². The van der Waals surface area contributed by atoms with E-state index in [1.807, 2.05) is 0 Å². The molecule has 1 saturated heterocycles. The van der Waals surface area contributed by atoms with Gasteiger partial charge in [0.2, 0.25) is 11.8 Å². The number of nitrogens with zero attached hydrogens (tertiary/aromatic N) is 2. The number of carbonyl (C=O) groups excluding carboxylic acids is 2. The summed E-state index contributed by atoms with van der Waals surface area (Å²) in [5, 5.41) is 1.43. The molecule has 25 heavy (non-hydrogen) atoms. The zero-order valence-corrected chi connectivity index (χ0v) is 13.9. The minimum Gasteiger partial charge on any atom is -0.339 e.